The average Bonchev–Trinajstić information content (AvgIpc) is 2.75. The topological polar surface area (TPSA) is 32.8 Å². The molecule has 2 aliphatic heterocycles. The molecule has 2 heterocycles. The Morgan fingerprint density at radius 2 is 1.94 bits per heavy atom. The number of urea groups is 1. The summed E-state index contributed by atoms with van der Waals surface area (Å²) in [6.07, 6.45) is 7.35. The van der Waals surface area contributed by atoms with Gasteiger partial charge in [-0.2, -0.15) is 0 Å². The Balaban J connectivity index is 1.86. The first-order chi connectivity index (χ1) is 8.81. The van der Waals surface area contributed by atoms with Crippen LogP contribution in [0.2, 0.25) is 0 Å². The van der Waals surface area contributed by atoms with Gasteiger partial charge in [0.2, 0.25) is 0 Å². The van der Waals surface area contributed by atoms with Crippen molar-refractivity contribution in [1.82, 2.24) is 9.80 Å². The van der Waals surface area contributed by atoms with E-state index in [0.717, 1.165) is 58.5 Å². The molecular formula is C14H26N2O2. The van der Waals surface area contributed by atoms with Crippen molar-refractivity contribution in [3.05, 3.63) is 0 Å². The Hall–Kier alpha value is -0.770. The largest absolute Gasteiger partial charge is 0.376 e. The molecule has 0 radical (unpaired) electrons. The maximum atomic E-state index is 12.5. The highest BCUT2D eigenvalue weighted by Crippen LogP contribution is 2.16. The quantitative estimate of drug-likeness (QED) is 0.775. The molecule has 0 spiro atoms. The van der Waals surface area contributed by atoms with Crippen LogP contribution < -0.4 is 0 Å². The second-order valence-electron chi connectivity index (χ2n) is 5.36. The van der Waals surface area contributed by atoms with Crippen molar-refractivity contribution in [3.8, 4) is 0 Å². The predicted molar refractivity (Wildman–Crippen MR) is 71.7 cm³/mol. The molecule has 1 atom stereocenters. The highest BCUT2D eigenvalue weighted by atomic mass is 16.5. The summed E-state index contributed by atoms with van der Waals surface area (Å²) >= 11 is 0. The number of amides is 2. The minimum absolute atomic E-state index is 0.218. The molecule has 2 aliphatic rings. The highest BCUT2D eigenvalue weighted by Gasteiger charge is 2.25. The molecule has 4 nitrogen and oxygen atoms in total. The Labute approximate surface area is 110 Å². The summed E-state index contributed by atoms with van der Waals surface area (Å²) in [4.78, 5) is 16.5. The van der Waals surface area contributed by atoms with Gasteiger partial charge in [0.05, 0.1) is 6.10 Å². The number of likely N-dealkylation sites (N-methyl/N-ethyl adjacent to an activating group) is 1. The molecule has 0 saturated carbocycles. The van der Waals surface area contributed by atoms with Crippen molar-refractivity contribution in [2.45, 2.75) is 51.6 Å². The lowest BCUT2D eigenvalue weighted by atomic mass is 10.2. The van der Waals surface area contributed by atoms with Crippen molar-refractivity contribution < 1.29 is 9.53 Å². The summed E-state index contributed by atoms with van der Waals surface area (Å²) in [6, 6.07) is 0.218. The van der Waals surface area contributed by atoms with Gasteiger partial charge in [0, 0.05) is 32.8 Å². The Kier molecular flexibility index (Phi) is 5.29. The van der Waals surface area contributed by atoms with Crippen LogP contribution in [0.4, 0.5) is 4.79 Å². The average molecular weight is 254 g/mol. The molecule has 1 unspecified atom stereocenters. The van der Waals surface area contributed by atoms with Crippen LogP contribution in [-0.4, -0.2) is 54.7 Å². The normalized spacial score (nSPS) is 24.9. The van der Waals surface area contributed by atoms with E-state index < -0.39 is 0 Å². The van der Waals surface area contributed by atoms with Gasteiger partial charge in [-0.15, -0.1) is 0 Å². The van der Waals surface area contributed by atoms with Crippen LogP contribution in [0.5, 0.6) is 0 Å². The number of carbonyl (C=O) groups is 1. The van der Waals surface area contributed by atoms with Gasteiger partial charge in [0.1, 0.15) is 0 Å². The van der Waals surface area contributed by atoms with Gasteiger partial charge in [0.15, 0.2) is 0 Å². The van der Waals surface area contributed by atoms with Gasteiger partial charge in [-0.1, -0.05) is 12.8 Å². The molecule has 2 amide bonds. The molecule has 2 fully saturated rings. The number of hydrogen-bond acceptors (Lipinski definition) is 2. The third kappa shape index (κ3) is 3.61. The van der Waals surface area contributed by atoms with Crippen molar-refractivity contribution >= 4 is 6.03 Å². The number of ether oxygens (including phenoxy) is 1. The molecule has 0 aromatic rings. The summed E-state index contributed by atoms with van der Waals surface area (Å²) < 4.78 is 5.64. The molecule has 18 heavy (non-hydrogen) atoms. The van der Waals surface area contributed by atoms with E-state index in [1.807, 2.05) is 9.80 Å². The number of rotatable bonds is 3. The predicted octanol–water partition coefficient (Wildman–Crippen LogP) is 2.48. The number of likely N-dealkylation sites (tertiary alicyclic amines) is 1. The number of nitrogens with zero attached hydrogens (tertiary/aromatic N) is 2. The van der Waals surface area contributed by atoms with Crippen molar-refractivity contribution in [1.29, 1.82) is 0 Å². The van der Waals surface area contributed by atoms with E-state index in [-0.39, 0.29) is 12.1 Å². The maximum absolute atomic E-state index is 12.5. The molecule has 0 bridgehead atoms. The number of hydrogen-bond donors (Lipinski definition) is 0. The molecule has 0 N–H and O–H groups in total. The fourth-order valence-corrected chi connectivity index (χ4v) is 2.84. The van der Waals surface area contributed by atoms with Crippen molar-refractivity contribution in [2.75, 3.05) is 32.8 Å². The van der Waals surface area contributed by atoms with Gasteiger partial charge in [-0.25, -0.2) is 4.79 Å². The van der Waals surface area contributed by atoms with E-state index in [9.17, 15) is 4.79 Å². The van der Waals surface area contributed by atoms with Crippen LogP contribution in [0, 0.1) is 0 Å². The van der Waals surface area contributed by atoms with E-state index in [4.69, 9.17) is 4.74 Å². The van der Waals surface area contributed by atoms with Crippen molar-refractivity contribution in [3.63, 3.8) is 0 Å². The molecule has 2 saturated heterocycles. The van der Waals surface area contributed by atoms with Crippen LogP contribution in [0.1, 0.15) is 45.4 Å². The molecule has 0 aliphatic carbocycles. The Morgan fingerprint density at radius 3 is 2.50 bits per heavy atom. The van der Waals surface area contributed by atoms with Crippen LogP contribution in [-0.2, 0) is 4.74 Å². The summed E-state index contributed by atoms with van der Waals surface area (Å²) in [5, 5.41) is 0. The van der Waals surface area contributed by atoms with Gasteiger partial charge >= 0.3 is 6.03 Å². The first-order valence-corrected chi connectivity index (χ1v) is 7.46. The zero-order valence-electron chi connectivity index (χ0n) is 11.6. The Bertz CT molecular complexity index is 257. The standard InChI is InChI=1S/C14H26N2O2/c1-2-15(12-13-8-7-11-18-13)14(17)16-9-5-3-4-6-10-16/h13H,2-12H2,1H3. The maximum Gasteiger partial charge on any atom is 0.320 e. The smallest absolute Gasteiger partial charge is 0.320 e. The summed E-state index contributed by atoms with van der Waals surface area (Å²) in [7, 11) is 0. The van der Waals surface area contributed by atoms with E-state index in [1.165, 1.54) is 12.8 Å². The molecule has 0 aromatic carbocycles. The zero-order chi connectivity index (χ0) is 12.8. The second-order valence-corrected chi connectivity index (χ2v) is 5.36. The summed E-state index contributed by atoms with van der Waals surface area (Å²) in [6.45, 7) is 6.34. The van der Waals surface area contributed by atoms with Crippen LogP contribution >= 0.6 is 0 Å². The molecule has 4 heteroatoms. The molecule has 2 rings (SSSR count). The van der Waals surface area contributed by atoms with Crippen LogP contribution in [0.3, 0.4) is 0 Å². The SMILES string of the molecule is CCN(CC1CCCO1)C(=O)N1CCCCCC1. The zero-order valence-corrected chi connectivity index (χ0v) is 11.6. The lowest BCUT2D eigenvalue weighted by Crippen LogP contribution is -2.46. The summed E-state index contributed by atoms with van der Waals surface area (Å²) in [5.41, 5.74) is 0. The van der Waals surface area contributed by atoms with Crippen molar-refractivity contribution in [2.24, 2.45) is 0 Å². The van der Waals surface area contributed by atoms with Gasteiger partial charge in [-0.3, -0.25) is 0 Å². The Morgan fingerprint density at radius 1 is 1.22 bits per heavy atom. The van der Waals surface area contributed by atoms with E-state index in [2.05, 4.69) is 6.92 Å². The van der Waals surface area contributed by atoms with E-state index in [0.29, 0.717) is 0 Å². The first-order valence-electron chi connectivity index (χ1n) is 7.46. The first kappa shape index (κ1) is 13.7. The fraction of sp³-hybridized carbons (Fsp3) is 0.929. The monoisotopic (exact) mass is 254 g/mol. The minimum Gasteiger partial charge on any atom is -0.376 e. The third-order valence-corrected chi connectivity index (χ3v) is 3.98. The van der Waals surface area contributed by atoms with Gasteiger partial charge in [0.25, 0.3) is 0 Å². The van der Waals surface area contributed by atoms with E-state index in [1.54, 1.807) is 0 Å². The molecular weight excluding hydrogens is 228 g/mol. The lowest BCUT2D eigenvalue weighted by Gasteiger charge is -2.30. The van der Waals surface area contributed by atoms with Gasteiger partial charge in [-0.05, 0) is 32.6 Å². The number of carbonyl (C=O) groups excluding carboxylic acids is 1. The lowest BCUT2D eigenvalue weighted by molar-refractivity contribution is 0.0747. The summed E-state index contributed by atoms with van der Waals surface area (Å²) in [5.74, 6) is 0. The highest BCUT2D eigenvalue weighted by molar-refractivity contribution is 5.74. The third-order valence-electron chi connectivity index (χ3n) is 3.98. The van der Waals surface area contributed by atoms with Gasteiger partial charge < -0.3 is 14.5 Å². The van der Waals surface area contributed by atoms with Crippen LogP contribution in [0.15, 0.2) is 0 Å². The fourth-order valence-electron chi connectivity index (χ4n) is 2.84. The molecule has 0 aromatic heterocycles. The van der Waals surface area contributed by atoms with E-state index >= 15 is 0 Å². The minimum atomic E-state index is 0.218. The second kappa shape index (κ2) is 6.98. The molecule has 104 valence electrons. The van der Waals surface area contributed by atoms with Crippen LogP contribution in [0.25, 0.3) is 0 Å².